The average molecular weight is 246 g/mol. The smallest absolute Gasteiger partial charge is 0.333 e. The third-order valence-corrected chi connectivity index (χ3v) is 3.36. The summed E-state index contributed by atoms with van der Waals surface area (Å²) in [5, 5.41) is 0. The van der Waals surface area contributed by atoms with Gasteiger partial charge in [-0.1, -0.05) is 50.3 Å². The molecule has 0 spiro atoms. The number of hydrogen-bond acceptors (Lipinski definition) is 2. The second kappa shape index (κ2) is 5.85. The summed E-state index contributed by atoms with van der Waals surface area (Å²) in [7, 11) is 0. The van der Waals surface area contributed by atoms with Crippen molar-refractivity contribution in [3.8, 4) is 0 Å². The molecule has 2 heteroatoms. The standard InChI is InChI=1S/C16H22O2/c1-6-16(7-2,18-15(17)12(3)4)14-10-8-13(5)9-11-14/h8-11H,3,6-7H2,1-2,4-5H3. The summed E-state index contributed by atoms with van der Waals surface area (Å²) in [5.41, 5.74) is 2.15. The molecule has 0 saturated heterocycles. The average Bonchev–Trinajstić information content (AvgIpc) is 2.36. The molecule has 18 heavy (non-hydrogen) atoms. The van der Waals surface area contributed by atoms with E-state index in [1.54, 1.807) is 6.92 Å². The molecule has 0 saturated carbocycles. The lowest BCUT2D eigenvalue weighted by molar-refractivity contribution is -0.157. The Morgan fingerprint density at radius 1 is 1.22 bits per heavy atom. The molecule has 0 amide bonds. The fourth-order valence-electron chi connectivity index (χ4n) is 1.98. The third-order valence-electron chi connectivity index (χ3n) is 3.36. The molecule has 0 radical (unpaired) electrons. The summed E-state index contributed by atoms with van der Waals surface area (Å²) in [4.78, 5) is 11.8. The lowest BCUT2D eigenvalue weighted by Crippen LogP contribution is -2.31. The van der Waals surface area contributed by atoms with E-state index in [0.29, 0.717) is 5.57 Å². The van der Waals surface area contributed by atoms with Crippen molar-refractivity contribution in [3.05, 3.63) is 47.5 Å². The van der Waals surface area contributed by atoms with Crippen LogP contribution in [0.4, 0.5) is 0 Å². The third kappa shape index (κ3) is 3.00. The maximum Gasteiger partial charge on any atom is 0.333 e. The molecule has 1 aromatic rings. The summed E-state index contributed by atoms with van der Waals surface area (Å²) in [6.45, 7) is 11.4. The van der Waals surface area contributed by atoms with E-state index in [-0.39, 0.29) is 5.97 Å². The first-order chi connectivity index (χ1) is 8.45. The van der Waals surface area contributed by atoms with Crippen molar-refractivity contribution < 1.29 is 9.53 Å². The predicted molar refractivity (Wildman–Crippen MR) is 74.3 cm³/mol. The fraction of sp³-hybridized carbons (Fsp3) is 0.438. The SMILES string of the molecule is C=C(C)C(=O)OC(CC)(CC)c1ccc(C)cc1. The molecule has 98 valence electrons. The second-order valence-corrected chi connectivity index (χ2v) is 4.74. The van der Waals surface area contributed by atoms with Crippen molar-refractivity contribution in [2.24, 2.45) is 0 Å². The van der Waals surface area contributed by atoms with Crippen LogP contribution in [0, 0.1) is 6.92 Å². The molecule has 0 aromatic heterocycles. The Morgan fingerprint density at radius 2 is 1.72 bits per heavy atom. The van der Waals surface area contributed by atoms with E-state index in [1.807, 2.05) is 45.0 Å². The number of rotatable bonds is 5. The van der Waals surface area contributed by atoms with Crippen molar-refractivity contribution in [2.75, 3.05) is 0 Å². The number of carbonyl (C=O) groups excluding carboxylic acids is 1. The minimum Gasteiger partial charge on any atom is -0.451 e. The van der Waals surface area contributed by atoms with Crippen LogP contribution < -0.4 is 0 Å². The van der Waals surface area contributed by atoms with Crippen molar-refractivity contribution in [1.29, 1.82) is 0 Å². The van der Waals surface area contributed by atoms with Gasteiger partial charge >= 0.3 is 5.97 Å². The number of aryl methyl sites for hydroxylation is 1. The molecule has 0 aliphatic heterocycles. The van der Waals surface area contributed by atoms with Crippen LogP contribution in [-0.2, 0) is 15.1 Å². The van der Waals surface area contributed by atoms with Crippen LogP contribution in [0.15, 0.2) is 36.4 Å². The molecule has 0 aliphatic rings. The largest absolute Gasteiger partial charge is 0.451 e. The Balaban J connectivity index is 3.10. The van der Waals surface area contributed by atoms with Crippen LogP contribution in [0.25, 0.3) is 0 Å². The molecule has 0 bridgehead atoms. The summed E-state index contributed by atoms with van der Waals surface area (Å²) >= 11 is 0. The van der Waals surface area contributed by atoms with Gasteiger partial charge in [-0.05, 0) is 32.3 Å². The maximum atomic E-state index is 11.8. The highest BCUT2D eigenvalue weighted by Crippen LogP contribution is 2.34. The van der Waals surface area contributed by atoms with E-state index >= 15 is 0 Å². The van der Waals surface area contributed by atoms with E-state index < -0.39 is 5.60 Å². The first-order valence-electron chi connectivity index (χ1n) is 6.41. The van der Waals surface area contributed by atoms with Crippen LogP contribution in [0.3, 0.4) is 0 Å². The summed E-state index contributed by atoms with van der Waals surface area (Å²) in [6.07, 6.45) is 1.51. The molecule has 0 aliphatic carbocycles. The van der Waals surface area contributed by atoms with Gasteiger partial charge in [0.15, 0.2) is 0 Å². The number of esters is 1. The van der Waals surface area contributed by atoms with Crippen LogP contribution in [0.1, 0.15) is 44.7 Å². The molecule has 0 fully saturated rings. The van der Waals surface area contributed by atoms with Gasteiger partial charge in [0, 0.05) is 5.57 Å². The summed E-state index contributed by atoms with van der Waals surface area (Å²) < 4.78 is 5.69. The summed E-state index contributed by atoms with van der Waals surface area (Å²) in [5.74, 6) is -0.320. The lowest BCUT2D eigenvalue weighted by Gasteiger charge is -2.32. The lowest BCUT2D eigenvalue weighted by atomic mass is 9.87. The number of carbonyl (C=O) groups is 1. The molecule has 0 atom stereocenters. The van der Waals surface area contributed by atoms with E-state index in [0.717, 1.165) is 18.4 Å². The van der Waals surface area contributed by atoms with Gasteiger partial charge in [0.05, 0.1) is 0 Å². The van der Waals surface area contributed by atoms with E-state index in [2.05, 4.69) is 6.58 Å². The van der Waals surface area contributed by atoms with Gasteiger partial charge in [-0.25, -0.2) is 4.79 Å². The molecule has 2 nitrogen and oxygen atoms in total. The topological polar surface area (TPSA) is 26.3 Å². The van der Waals surface area contributed by atoms with Gasteiger partial charge in [-0.3, -0.25) is 0 Å². The molecule has 1 aromatic carbocycles. The minimum atomic E-state index is -0.538. The molecular formula is C16H22O2. The van der Waals surface area contributed by atoms with Crippen LogP contribution in [0.5, 0.6) is 0 Å². The Bertz CT molecular complexity index is 425. The number of ether oxygens (including phenoxy) is 1. The minimum absolute atomic E-state index is 0.320. The monoisotopic (exact) mass is 246 g/mol. The second-order valence-electron chi connectivity index (χ2n) is 4.74. The summed E-state index contributed by atoms with van der Waals surface area (Å²) in [6, 6.07) is 8.16. The highest BCUT2D eigenvalue weighted by molar-refractivity contribution is 5.87. The molecule has 0 unspecified atom stereocenters. The quantitative estimate of drug-likeness (QED) is 0.577. The van der Waals surface area contributed by atoms with Crippen molar-refractivity contribution in [1.82, 2.24) is 0 Å². The van der Waals surface area contributed by atoms with Crippen molar-refractivity contribution in [2.45, 2.75) is 46.1 Å². The highest BCUT2D eigenvalue weighted by atomic mass is 16.6. The predicted octanol–water partition coefficient (Wildman–Crippen LogP) is 4.13. The Labute approximate surface area is 110 Å². The van der Waals surface area contributed by atoms with Gasteiger partial charge in [-0.15, -0.1) is 0 Å². The molecule has 0 heterocycles. The van der Waals surface area contributed by atoms with E-state index in [1.165, 1.54) is 5.56 Å². The van der Waals surface area contributed by atoms with Gasteiger partial charge in [0.2, 0.25) is 0 Å². The first kappa shape index (κ1) is 14.5. The zero-order chi connectivity index (χ0) is 13.8. The van der Waals surface area contributed by atoms with Gasteiger partial charge in [0.1, 0.15) is 5.60 Å². The van der Waals surface area contributed by atoms with Crippen molar-refractivity contribution >= 4 is 5.97 Å². The van der Waals surface area contributed by atoms with Gasteiger partial charge < -0.3 is 4.74 Å². The number of hydrogen-bond donors (Lipinski definition) is 0. The highest BCUT2D eigenvalue weighted by Gasteiger charge is 2.32. The zero-order valence-electron chi connectivity index (χ0n) is 11.7. The Hall–Kier alpha value is -1.57. The molecule has 1 rings (SSSR count). The maximum absolute atomic E-state index is 11.8. The van der Waals surface area contributed by atoms with Crippen molar-refractivity contribution in [3.63, 3.8) is 0 Å². The molecular weight excluding hydrogens is 224 g/mol. The normalized spacial score (nSPS) is 11.1. The van der Waals surface area contributed by atoms with Crippen LogP contribution in [-0.4, -0.2) is 5.97 Å². The fourth-order valence-corrected chi connectivity index (χ4v) is 1.98. The first-order valence-corrected chi connectivity index (χ1v) is 6.41. The Kier molecular flexibility index (Phi) is 4.71. The van der Waals surface area contributed by atoms with E-state index in [4.69, 9.17) is 4.74 Å². The van der Waals surface area contributed by atoms with Gasteiger partial charge in [0.25, 0.3) is 0 Å². The van der Waals surface area contributed by atoms with Crippen LogP contribution >= 0.6 is 0 Å². The Morgan fingerprint density at radius 3 is 2.11 bits per heavy atom. The van der Waals surface area contributed by atoms with Gasteiger partial charge in [-0.2, -0.15) is 0 Å². The van der Waals surface area contributed by atoms with Crippen LogP contribution in [0.2, 0.25) is 0 Å². The van der Waals surface area contributed by atoms with E-state index in [9.17, 15) is 4.79 Å². The zero-order valence-corrected chi connectivity index (χ0v) is 11.7. The number of benzene rings is 1. The molecule has 0 N–H and O–H groups in total.